The van der Waals surface area contributed by atoms with Gasteiger partial charge in [0.15, 0.2) is 5.76 Å². The molecule has 1 aromatic heterocycles. The smallest absolute Gasteiger partial charge is 0.291 e. The number of rotatable bonds is 5. The molecular formula is C17H16N2O4S. The largest absolute Gasteiger partial charge is 0.487 e. The minimum Gasteiger partial charge on any atom is -0.487 e. The molecule has 124 valence electrons. The number of nitrogens with one attached hydrogen (secondary N) is 2. The van der Waals surface area contributed by atoms with Crippen molar-refractivity contribution in [3.05, 3.63) is 65.2 Å². The lowest BCUT2D eigenvalue weighted by Gasteiger charge is -2.14. The molecule has 2 heterocycles. The van der Waals surface area contributed by atoms with E-state index in [1.165, 1.54) is 11.8 Å². The molecule has 0 radical (unpaired) electrons. The van der Waals surface area contributed by atoms with Crippen LogP contribution in [-0.4, -0.2) is 24.2 Å². The zero-order chi connectivity index (χ0) is 16.8. The second-order valence-electron chi connectivity index (χ2n) is 5.00. The number of carbonyl (C=O) groups excluding carboxylic acids is 2. The topological polar surface area (TPSA) is 80.6 Å². The zero-order valence-electron chi connectivity index (χ0n) is 12.8. The summed E-state index contributed by atoms with van der Waals surface area (Å²) in [6, 6.07) is 10.3. The molecule has 0 spiro atoms. The lowest BCUT2D eigenvalue weighted by Crippen LogP contribution is -2.23. The van der Waals surface area contributed by atoms with Gasteiger partial charge in [-0.15, -0.1) is 11.8 Å². The van der Waals surface area contributed by atoms with Crippen LogP contribution < -0.4 is 10.6 Å². The number of anilines is 1. The molecule has 0 aliphatic carbocycles. The van der Waals surface area contributed by atoms with Crippen LogP contribution in [-0.2, 0) is 16.1 Å². The van der Waals surface area contributed by atoms with Crippen molar-refractivity contribution in [2.75, 3.05) is 17.7 Å². The van der Waals surface area contributed by atoms with E-state index in [9.17, 15) is 9.59 Å². The van der Waals surface area contributed by atoms with Gasteiger partial charge in [0.2, 0.25) is 0 Å². The summed E-state index contributed by atoms with van der Waals surface area (Å²) in [5, 5.41) is 7.19. The number of benzene rings is 1. The van der Waals surface area contributed by atoms with Crippen LogP contribution in [0.2, 0.25) is 0 Å². The number of thioether (sulfide) groups is 1. The summed E-state index contributed by atoms with van der Waals surface area (Å²) in [5.41, 5.74) is 0.984. The van der Waals surface area contributed by atoms with Crippen LogP contribution in [0.5, 0.6) is 0 Å². The van der Waals surface area contributed by atoms with Crippen molar-refractivity contribution in [3.63, 3.8) is 0 Å². The van der Waals surface area contributed by atoms with Crippen molar-refractivity contribution in [2.45, 2.75) is 6.54 Å². The third-order valence-corrected chi connectivity index (χ3v) is 4.04. The second-order valence-corrected chi connectivity index (χ2v) is 5.98. The molecule has 0 unspecified atom stereocenters. The summed E-state index contributed by atoms with van der Waals surface area (Å²) >= 11 is 1.53. The van der Waals surface area contributed by atoms with E-state index in [0.717, 1.165) is 5.75 Å². The molecule has 2 amide bonds. The Morgan fingerprint density at radius 3 is 2.83 bits per heavy atom. The number of hydrogen-bond acceptors (Lipinski definition) is 5. The maximum absolute atomic E-state index is 12.2. The summed E-state index contributed by atoms with van der Waals surface area (Å²) in [4.78, 5) is 24.3. The van der Waals surface area contributed by atoms with E-state index in [4.69, 9.17) is 9.15 Å². The van der Waals surface area contributed by atoms with Gasteiger partial charge >= 0.3 is 0 Å². The monoisotopic (exact) mass is 344 g/mol. The Bertz CT molecular complexity index is 756. The van der Waals surface area contributed by atoms with Crippen molar-refractivity contribution in [3.8, 4) is 0 Å². The predicted octanol–water partition coefficient (Wildman–Crippen LogP) is 2.75. The molecule has 0 saturated carbocycles. The van der Waals surface area contributed by atoms with Crippen LogP contribution in [0.15, 0.2) is 58.2 Å². The molecule has 1 aromatic carbocycles. The van der Waals surface area contributed by atoms with Crippen LogP contribution in [0.1, 0.15) is 16.1 Å². The van der Waals surface area contributed by atoms with Gasteiger partial charge in [0.1, 0.15) is 5.76 Å². The average Bonchev–Trinajstić information content (AvgIpc) is 3.14. The van der Waals surface area contributed by atoms with Gasteiger partial charge < -0.3 is 19.8 Å². The Kier molecular flexibility index (Phi) is 5.22. The van der Waals surface area contributed by atoms with Crippen molar-refractivity contribution < 1.29 is 18.7 Å². The number of carbonyl (C=O) groups is 2. The van der Waals surface area contributed by atoms with E-state index in [1.807, 2.05) is 0 Å². The van der Waals surface area contributed by atoms with E-state index in [1.54, 1.807) is 48.1 Å². The van der Waals surface area contributed by atoms with Crippen LogP contribution in [0.25, 0.3) is 0 Å². The first-order valence-electron chi connectivity index (χ1n) is 7.39. The van der Waals surface area contributed by atoms with Gasteiger partial charge in [-0.05, 0) is 30.3 Å². The lowest BCUT2D eigenvalue weighted by molar-refractivity contribution is -0.116. The molecule has 0 fully saturated rings. The van der Waals surface area contributed by atoms with Gasteiger partial charge in [-0.3, -0.25) is 9.59 Å². The lowest BCUT2D eigenvalue weighted by atomic mass is 10.2. The second kappa shape index (κ2) is 7.74. The van der Waals surface area contributed by atoms with Gasteiger partial charge in [-0.25, -0.2) is 0 Å². The van der Waals surface area contributed by atoms with Crippen LogP contribution in [0, 0.1) is 0 Å². The molecule has 3 rings (SSSR count). The Labute approximate surface area is 143 Å². The fourth-order valence-electron chi connectivity index (χ4n) is 2.10. The van der Waals surface area contributed by atoms with E-state index in [0.29, 0.717) is 35.9 Å². The molecule has 0 bridgehead atoms. The Morgan fingerprint density at radius 2 is 2.08 bits per heavy atom. The molecule has 6 nitrogen and oxygen atoms in total. The molecule has 2 N–H and O–H groups in total. The zero-order valence-corrected chi connectivity index (χ0v) is 13.6. The molecule has 0 atom stereocenters. The SMILES string of the molecule is O=C(Nc1cccc(C(=O)NCc2ccco2)c1)C1=CSCCO1. The third kappa shape index (κ3) is 4.20. The molecular weight excluding hydrogens is 328 g/mol. The van der Waals surface area contributed by atoms with Gasteiger partial charge in [-0.2, -0.15) is 0 Å². The average molecular weight is 344 g/mol. The highest BCUT2D eigenvalue weighted by molar-refractivity contribution is 8.02. The molecule has 2 aromatic rings. The summed E-state index contributed by atoms with van der Waals surface area (Å²) in [6.07, 6.45) is 1.55. The van der Waals surface area contributed by atoms with Crippen LogP contribution >= 0.6 is 11.8 Å². The van der Waals surface area contributed by atoms with E-state index >= 15 is 0 Å². The van der Waals surface area contributed by atoms with Crippen LogP contribution in [0.3, 0.4) is 0 Å². The molecule has 1 aliphatic heterocycles. The highest BCUT2D eigenvalue weighted by Crippen LogP contribution is 2.18. The predicted molar refractivity (Wildman–Crippen MR) is 91.4 cm³/mol. The first-order valence-corrected chi connectivity index (χ1v) is 8.44. The maximum atomic E-state index is 12.2. The number of ether oxygens (including phenoxy) is 1. The normalized spacial score (nSPS) is 13.6. The minimum absolute atomic E-state index is 0.244. The molecule has 1 aliphatic rings. The fourth-order valence-corrected chi connectivity index (χ4v) is 2.72. The Balaban J connectivity index is 1.61. The first kappa shape index (κ1) is 16.2. The van der Waals surface area contributed by atoms with Gasteiger partial charge in [0.25, 0.3) is 11.8 Å². The van der Waals surface area contributed by atoms with Gasteiger partial charge in [0, 0.05) is 22.4 Å². The highest BCUT2D eigenvalue weighted by Gasteiger charge is 2.15. The minimum atomic E-state index is -0.324. The Hall–Kier alpha value is -2.67. The van der Waals surface area contributed by atoms with E-state index in [-0.39, 0.29) is 11.8 Å². The Morgan fingerprint density at radius 1 is 1.17 bits per heavy atom. The molecule has 24 heavy (non-hydrogen) atoms. The summed E-state index contributed by atoms with van der Waals surface area (Å²) in [6.45, 7) is 0.819. The van der Waals surface area contributed by atoms with Crippen LogP contribution in [0.4, 0.5) is 5.69 Å². The van der Waals surface area contributed by atoms with Crippen molar-refractivity contribution in [1.29, 1.82) is 0 Å². The van der Waals surface area contributed by atoms with Gasteiger partial charge in [0.05, 0.1) is 19.4 Å². The van der Waals surface area contributed by atoms with Crippen molar-refractivity contribution in [2.24, 2.45) is 0 Å². The standard InChI is InChI=1S/C17H16N2O4S/c20-16(18-10-14-5-2-6-22-14)12-3-1-4-13(9-12)19-17(21)15-11-24-8-7-23-15/h1-6,9,11H,7-8,10H2,(H,18,20)(H,19,21). The highest BCUT2D eigenvalue weighted by atomic mass is 32.2. The van der Waals surface area contributed by atoms with Crippen molar-refractivity contribution >= 4 is 29.3 Å². The molecule has 0 saturated heterocycles. The number of hydrogen-bond donors (Lipinski definition) is 2. The quantitative estimate of drug-likeness (QED) is 0.872. The maximum Gasteiger partial charge on any atom is 0.291 e. The van der Waals surface area contributed by atoms with E-state index in [2.05, 4.69) is 10.6 Å². The van der Waals surface area contributed by atoms with Crippen molar-refractivity contribution in [1.82, 2.24) is 5.32 Å². The third-order valence-electron chi connectivity index (χ3n) is 3.26. The molecule has 7 heteroatoms. The first-order chi connectivity index (χ1) is 11.7. The summed E-state index contributed by atoms with van der Waals surface area (Å²) in [7, 11) is 0. The number of furan rings is 1. The van der Waals surface area contributed by atoms with E-state index < -0.39 is 0 Å². The fraction of sp³-hybridized carbons (Fsp3) is 0.176. The van der Waals surface area contributed by atoms with Gasteiger partial charge in [-0.1, -0.05) is 6.07 Å². The summed E-state index contributed by atoms with van der Waals surface area (Å²) in [5.74, 6) is 1.23. The summed E-state index contributed by atoms with van der Waals surface area (Å²) < 4.78 is 10.5. The number of amides is 2.